The monoisotopic (exact) mass is 637 g/mol. The molecule has 0 saturated carbocycles. The largest absolute Gasteiger partial charge is 0.465 e. The molecule has 0 aromatic carbocycles. The molecule has 1 aliphatic heterocycles. The van der Waals surface area contributed by atoms with Crippen LogP contribution in [0.4, 0.5) is 9.18 Å². The zero-order chi connectivity index (χ0) is 32.2. The summed E-state index contributed by atoms with van der Waals surface area (Å²) in [7, 11) is -2.07. The third-order valence-electron chi connectivity index (χ3n) is 8.24. The molecule has 240 valence electrons. The van der Waals surface area contributed by atoms with E-state index in [1.165, 1.54) is 12.3 Å². The molecule has 0 radical (unpaired) electrons. The fourth-order valence-electron chi connectivity index (χ4n) is 4.70. The number of hydrogen-bond acceptors (Lipinski definition) is 8. The Balaban J connectivity index is 1.22. The minimum Gasteiger partial charge on any atom is -0.465 e. The van der Waals surface area contributed by atoms with Gasteiger partial charge < -0.3 is 24.3 Å². The first-order valence-electron chi connectivity index (χ1n) is 15.0. The maximum Gasteiger partial charge on any atom is 0.405 e. The minimum absolute atomic E-state index is 0.00112. The fraction of sp³-hybridized carbons (Fsp3) is 0.452. The van der Waals surface area contributed by atoms with Crippen LogP contribution in [-0.2, 0) is 15.7 Å². The van der Waals surface area contributed by atoms with Gasteiger partial charge in [-0.3, -0.25) is 9.67 Å². The number of amides is 1. The predicted molar refractivity (Wildman–Crippen MR) is 168 cm³/mol. The number of pyridine rings is 2. The van der Waals surface area contributed by atoms with Crippen molar-refractivity contribution < 1.29 is 28.2 Å². The number of carbonyl (C=O) groups is 1. The van der Waals surface area contributed by atoms with Crippen LogP contribution in [0.3, 0.4) is 0 Å². The van der Waals surface area contributed by atoms with Crippen LogP contribution < -0.4 is 10.1 Å². The van der Waals surface area contributed by atoms with Crippen LogP contribution in [0.1, 0.15) is 46.3 Å². The lowest BCUT2D eigenvalue weighted by molar-refractivity contribution is -0.0383. The van der Waals surface area contributed by atoms with Gasteiger partial charge in [0.05, 0.1) is 36.8 Å². The van der Waals surface area contributed by atoms with Crippen molar-refractivity contribution in [2.45, 2.75) is 77.0 Å². The van der Waals surface area contributed by atoms with E-state index >= 15 is 4.39 Å². The van der Waals surface area contributed by atoms with Gasteiger partial charge in [-0.2, -0.15) is 10.2 Å². The Bertz CT molecular complexity index is 1600. The Morgan fingerprint density at radius 3 is 2.67 bits per heavy atom. The van der Waals surface area contributed by atoms with Gasteiger partial charge >= 0.3 is 6.09 Å². The van der Waals surface area contributed by atoms with Crippen molar-refractivity contribution >= 4 is 14.4 Å². The van der Waals surface area contributed by atoms with Gasteiger partial charge in [-0.05, 0) is 67.7 Å². The van der Waals surface area contributed by atoms with Gasteiger partial charge in [0.1, 0.15) is 11.4 Å². The second-order valence-corrected chi connectivity index (χ2v) is 17.4. The summed E-state index contributed by atoms with van der Waals surface area (Å²) in [6.45, 7) is 11.9. The quantitative estimate of drug-likeness (QED) is 0.177. The number of rotatable bonds is 11. The highest BCUT2D eigenvalue weighted by Gasteiger charge is 2.37. The van der Waals surface area contributed by atoms with E-state index in [0.717, 1.165) is 25.0 Å². The molecule has 14 heteroatoms. The van der Waals surface area contributed by atoms with E-state index in [9.17, 15) is 9.90 Å². The van der Waals surface area contributed by atoms with Crippen LogP contribution in [0, 0.1) is 5.82 Å². The highest BCUT2D eigenvalue weighted by molar-refractivity contribution is 6.74. The first-order chi connectivity index (χ1) is 21.4. The second-order valence-electron chi connectivity index (χ2n) is 12.6. The van der Waals surface area contributed by atoms with Crippen LogP contribution in [0.5, 0.6) is 11.6 Å². The van der Waals surface area contributed by atoms with Crippen LogP contribution >= 0.6 is 0 Å². The highest BCUT2D eigenvalue weighted by Crippen LogP contribution is 2.36. The lowest BCUT2D eigenvalue weighted by atomic mass is 10.1. The number of aromatic nitrogens is 6. The molecular weight excluding hydrogens is 597 g/mol. The first-order valence-corrected chi connectivity index (χ1v) is 17.9. The van der Waals surface area contributed by atoms with Gasteiger partial charge in [-0.25, -0.2) is 18.9 Å². The molecule has 45 heavy (non-hydrogen) atoms. The summed E-state index contributed by atoms with van der Waals surface area (Å²) >= 11 is 0. The molecule has 5 rings (SSSR count). The number of carboxylic acid groups (broad SMARTS) is 1. The van der Waals surface area contributed by atoms with E-state index < -0.39 is 26.3 Å². The average Bonchev–Trinajstić information content (AvgIpc) is 3.67. The standard InChI is InChI=1S/C31H40FN7O5Si/c1-31(2,3)45(4,5)43-20-22(36-30(40)41)19-38-14-12-26(37-38)25-10-9-23(18-33-25)44-29-24(32)16-21(17-34-29)27-11-13-35-39(27)28-8-6-7-15-42-28/h9-14,16-18,22,28,36H,6-8,15,19-20H2,1-5H3,(H,40,41)/t22-,28?/m0/s1. The van der Waals surface area contributed by atoms with E-state index in [1.807, 2.05) is 6.07 Å². The molecule has 1 aliphatic rings. The molecule has 1 unspecified atom stereocenters. The molecule has 0 aliphatic carbocycles. The Morgan fingerprint density at radius 2 is 2.00 bits per heavy atom. The van der Waals surface area contributed by atoms with Crippen LogP contribution in [0.2, 0.25) is 18.1 Å². The molecule has 2 N–H and O–H groups in total. The zero-order valence-electron chi connectivity index (χ0n) is 26.2. The Kier molecular flexibility index (Phi) is 9.65. The van der Waals surface area contributed by atoms with Gasteiger partial charge in [0.25, 0.3) is 5.88 Å². The normalized spacial score (nSPS) is 16.4. The molecule has 4 aromatic heterocycles. The molecule has 1 amide bonds. The average molecular weight is 638 g/mol. The van der Waals surface area contributed by atoms with Crippen LogP contribution in [0.15, 0.2) is 55.1 Å². The van der Waals surface area contributed by atoms with E-state index in [0.29, 0.717) is 29.3 Å². The Morgan fingerprint density at radius 1 is 1.18 bits per heavy atom. The number of ether oxygens (including phenoxy) is 2. The number of hydrogen-bond donors (Lipinski definition) is 2. The molecule has 0 bridgehead atoms. The Hall–Kier alpha value is -4.14. The van der Waals surface area contributed by atoms with Gasteiger partial charge in [-0.1, -0.05) is 20.8 Å². The summed E-state index contributed by atoms with van der Waals surface area (Å²) in [6, 6.07) is 7.86. The molecule has 4 aromatic rings. The summed E-state index contributed by atoms with van der Waals surface area (Å²) in [5, 5.41) is 20.9. The van der Waals surface area contributed by atoms with E-state index in [2.05, 4.69) is 59.3 Å². The van der Waals surface area contributed by atoms with E-state index in [-0.39, 0.29) is 30.3 Å². The van der Waals surface area contributed by atoms with Gasteiger partial charge in [0.15, 0.2) is 20.4 Å². The van der Waals surface area contributed by atoms with Gasteiger partial charge in [0.2, 0.25) is 0 Å². The fourth-order valence-corrected chi connectivity index (χ4v) is 5.75. The second kappa shape index (κ2) is 13.5. The maximum atomic E-state index is 15.1. The maximum absolute atomic E-state index is 15.1. The first kappa shape index (κ1) is 32.3. The van der Waals surface area contributed by atoms with Crippen molar-refractivity contribution in [1.82, 2.24) is 34.8 Å². The number of halogens is 1. The topological polar surface area (TPSA) is 138 Å². The minimum atomic E-state index is -2.07. The lowest BCUT2D eigenvalue weighted by Gasteiger charge is -2.37. The third kappa shape index (κ3) is 7.93. The molecular formula is C31H40FN7O5Si. The van der Waals surface area contributed by atoms with E-state index in [1.54, 1.807) is 46.2 Å². The van der Waals surface area contributed by atoms with Crippen molar-refractivity contribution in [3.8, 4) is 34.3 Å². The molecule has 1 fully saturated rings. The van der Waals surface area contributed by atoms with Crippen molar-refractivity contribution in [3.05, 3.63) is 60.9 Å². The van der Waals surface area contributed by atoms with Crippen molar-refractivity contribution in [1.29, 1.82) is 0 Å². The van der Waals surface area contributed by atoms with E-state index in [4.69, 9.17) is 13.9 Å². The SMILES string of the molecule is CC(C)(C)[Si](C)(C)OC[C@H](Cn1ccc(-c2ccc(Oc3ncc(-c4ccnn4C4CCCCO4)cc3F)cn2)n1)NC(=O)O. The van der Waals surface area contributed by atoms with Crippen molar-refractivity contribution in [2.24, 2.45) is 0 Å². The van der Waals surface area contributed by atoms with Gasteiger partial charge in [-0.15, -0.1) is 0 Å². The summed E-state index contributed by atoms with van der Waals surface area (Å²) in [5.74, 6) is -0.476. The summed E-state index contributed by atoms with van der Waals surface area (Å²) in [4.78, 5) is 20.1. The van der Waals surface area contributed by atoms with Crippen molar-refractivity contribution in [3.63, 3.8) is 0 Å². The lowest BCUT2D eigenvalue weighted by Crippen LogP contribution is -2.47. The molecule has 12 nitrogen and oxygen atoms in total. The van der Waals surface area contributed by atoms with Crippen LogP contribution in [-0.4, -0.2) is 68.3 Å². The predicted octanol–water partition coefficient (Wildman–Crippen LogP) is 6.49. The summed E-state index contributed by atoms with van der Waals surface area (Å²) in [5.41, 5.74) is 2.46. The van der Waals surface area contributed by atoms with Crippen LogP contribution in [0.25, 0.3) is 22.6 Å². The number of nitrogens with zero attached hydrogens (tertiary/aromatic N) is 6. The van der Waals surface area contributed by atoms with Gasteiger partial charge in [0, 0.05) is 30.8 Å². The molecule has 5 heterocycles. The summed E-state index contributed by atoms with van der Waals surface area (Å²) in [6.07, 6.45) is 8.08. The number of nitrogens with one attached hydrogen (secondary N) is 1. The highest BCUT2D eigenvalue weighted by atomic mass is 28.4. The smallest absolute Gasteiger partial charge is 0.405 e. The third-order valence-corrected chi connectivity index (χ3v) is 12.7. The Labute approximate surface area is 262 Å². The zero-order valence-corrected chi connectivity index (χ0v) is 27.2. The summed E-state index contributed by atoms with van der Waals surface area (Å²) < 4.78 is 36.3. The molecule has 1 saturated heterocycles. The van der Waals surface area contributed by atoms with Crippen molar-refractivity contribution in [2.75, 3.05) is 13.2 Å². The molecule has 2 atom stereocenters. The molecule has 0 spiro atoms.